The van der Waals surface area contributed by atoms with Gasteiger partial charge in [-0.05, 0) is 50.4 Å². The van der Waals surface area contributed by atoms with Crippen molar-refractivity contribution in [3.8, 4) is 0 Å². The average molecular weight is 304 g/mol. The van der Waals surface area contributed by atoms with Gasteiger partial charge in [0.25, 0.3) is 0 Å². The number of carbonyl (C=O) groups is 2. The van der Waals surface area contributed by atoms with Gasteiger partial charge in [0.2, 0.25) is 5.91 Å². The molecule has 0 radical (unpaired) electrons. The van der Waals surface area contributed by atoms with Crippen LogP contribution in [0.4, 0.5) is 5.69 Å². The van der Waals surface area contributed by atoms with E-state index in [-0.39, 0.29) is 17.8 Å². The molecule has 0 bridgehead atoms. The van der Waals surface area contributed by atoms with Crippen LogP contribution in [0.25, 0.3) is 0 Å². The van der Waals surface area contributed by atoms with Gasteiger partial charge in [-0.1, -0.05) is 12.1 Å². The predicted octanol–water partition coefficient (Wildman–Crippen LogP) is 2.12. The maximum atomic E-state index is 12.3. The molecular formula is C17H24N2O3. The summed E-state index contributed by atoms with van der Waals surface area (Å²) in [6, 6.07) is 8.03. The van der Waals surface area contributed by atoms with Gasteiger partial charge in [-0.2, -0.15) is 0 Å². The van der Waals surface area contributed by atoms with Crippen LogP contribution in [-0.4, -0.2) is 31.6 Å². The Bertz CT molecular complexity index is 513. The van der Waals surface area contributed by atoms with E-state index in [9.17, 15) is 9.59 Å². The first-order chi connectivity index (χ1) is 10.6. The van der Waals surface area contributed by atoms with Gasteiger partial charge in [0.1, 0.15) is 0 Å². The second kappa shape index (κ2) is 7.94. The molecule has 0 aromatic heterocycles. The van der Waals surface area contributed by atoms with E-state index in [0.717, 1.165) is 30.6 Å². The number of anilines is 1. The van der Waals surface area contributed by atoms with Crippen LogP contribution >= 0.6 is 0 Å². The summed E-state index contributed by atoms with van der Waals surface area (Å²) < 4.78 is 4.62. The Morgan fingerprint density at radius 1 is 1.32 bits per heavy atom. The molecule has 1 aliphatic heterocycles. The predicted molar refractivity (Wildman–Crippen MR) is 85.6 cm³/mol. The highest BCUT2D eigenvalue weighted by Crippen LogP contribution is 2.19. The summed E-state index contributed by atoms with van der Waals surface area (Å²) in [6.45, 7) is 3.00. The van der Waals surface area contributed by atoms with E-state index in [1.54, 1.807) is 0 Å². The second-order valence-corrected chi connectivity index (χ2v) is 5.84. The lowest BCUT2D eigenvalue weighted by atomic mass is 9.92. The zero-order valence-corrected chi connectivity index (χ0v) is 13.2. The summed E-state index contributed by atoms with van der Waals surface area (Å²) in [5.41, 5.74) is 1.86. The third-order valence-corrected chi connectivity index (χ3v) is 4.06. The Balaban J connectivity index is 1.85. The van der Waals surface area contributed by atoms with Crippen LogP contribution in [0, 0.1) is 5.92 Å². The number of aryl methyl sites for hydroxylation is 1. The van der Waals surface area contributed by atoms with Crippen molar-refractivity contribution in [3.05, 3.63) is 29.8 Å². The Labute approximate surface area is 131 Å². The zero-order valence-electron chi connectivity index (χ0n) is 13.2. The van der Waals surface area contributed by atoms with Crippen LogP contribution in [-0.2, 0) is 20.7 Å². The molecule has 0 aliphatic carbocycles. The summed E-state index contributed by atoms with van der Waals surface area (Å²) in [4.78, 5) is 23.4. The van der Waals surface area contributed by atoms with E-state index in [1.165, 1.54) is 7.11 Å². The van der Waals surface area contributed by atoms with Gasteiger partial charge in [0, 0.05) is 24.1 Å². The molecule has 1 fully saturated rings. The lowest BCUT2D eigenvalue weighted by molar-refractivity contribution is -0.140. The SMILES string of the molecule is COC(=O)CCc1ccc(NC(=O)[C@H]2CCN[C@@H](C)C2)cc1. The van der Waals surface area contributed by atoms with Gasteiger partial charge >= 0.3 is 5.97 Å². The number of carbonyl (C=O) groups excluding carboxylic acids is 2. The maximum absolute atomic E-state index is 12.3. The van der Waals surface area contributed by atoms with Crippen LogP contribution in [0.1, 0.15) is 31.7 Å². The van der Waals surface area contributed by atoms with Gasteiger partial charge in [-0.25, -0.2) is 0 Å². The number of nitrogens with one attached hydrogen (secondary N) is 2. The fourth-order valence-electron chi connectivity index (χ4n) is 2.72. The number of esters is 1. The molecule has 120 valence electrons. The maximum Gasteiger partial charge on any atom is 0.305 e. The molecular weight excluding hydrogens is 280 g/mol. The normalized spacial score (nSPS) is 21.2. The minimum absolute atomic E-state index is 0.0789. The van der Waals surface area contributed by atoms with E-state index in [0.29, 0.717) is 18.9 Å². The minimum Gasteiger partial charge on any atom is -0.469 e. The number of rotatable bonds is 5. The van der Waals surface area contributed by atoms with Gasteiger partial charge in [-0.15, -0.1) is 0 Å². The number of hydrogen-bond acceptors (Lipinski definition) is 4. The lowest BCUT2D eigenvalue weighted by Gasteiger charge is -2.27. The molecule has 0 spiro atoms. The van der Waals surface area contributed by atoms with E-state index in [2.05, 4.69) is 22.3 Å². The quantitative estimate of drug-likeness (QED) is 0.818. The summed E-state index contributed by atoms with van der Waals surface area (Å²) in [7, 11) is 1.39. The molecule has 5 heteroatoms. The topological polar surface area (TPSA) is 67.4 Å². The number of benzene rings is 1. The molecule has 1 heterocycles. The van der Waals surface area contributed by atoms with E-state index >= 15 is 0 Å². The monoisotopic (exact) mass is 304 g/mol. The van der Waals surface area contributed by atoms with E-state index in [1.807, 2.05) is 24.3 Å². The highest BCUT2D eigenvalue weighted by molar-refractivity contribution is 5.92. The van der Waals surface area contributed by atoms with Crippen LogP contribution in [0.2, 0.25) is 0 Å². The van der Waals surface area contributed by atoms with E-state index in [4.69, 9.17) is 0 Å². The molecule has 1 amide bonds. The summed E-state index contributed by atoms with van der Waals surface area (Å²) in [6.07, 6.45) is 2.78. The molecule has 1 aliphatic rings. The molecule has 22 heavy (non-hydrogen) atoms. The molecule has 2 atom stereocenters. The van der Waals surface area contributed by atoms with Crippen molar-refractivity contribution >= 4 is 17.6 Å². The number of methoxy groups -OCH3 is 1. The molecule has 1 saturated heterocycles. The molecule has 1 aromatic carbocycles. The van der Waals surface area contributed by atoms with Crippen molar-refractivity contribution in [1.29, 1.82) is 0 Å². The standard InChI is InChI=1S/C17H24N2O3/c1-12-11-14(9-10-18-12)17(21)19-15-6-3-13(4-7-15)5-8-16(20)22-2/h3-4,6-7,12,14,18H,5,8-11H2,1-2H3,(H,19,21)/t12-,14-/m0/s1. The third kappa shape index (κ3) is 4.84. The van der Waals surface area contributed by atoms with Crippen molar-refractivity contribution < 1.29 is 14.3 Å². The summed E-state index contributed by atoms with van der Waals surface area (Å²) in [5.74, 6) is -0.0386. The highest BCUT2D eigenvalue weighted by Gasteiger charge is 2.24. The van der Waals surface area contributed by atoms with Crippen molar-refractivity contribution in [1.82, 2.24) is 5.32 Å². The van der Waals surface area contributed by atoms with Crippen LogP contribution in [0.3, 0.4) is 0 Å². The van der Waals surface area contributed by atoms with Crippen molar-refractivity contribution in [3.63, 3.8) is 0 Å². The van der Waals surface area contributed by atoms with Gasteiger partial charge < -0.3 is 15.4 Å². The van der Waals surface area contributed by atoms with Crippen LogP contribution in [0.15, 0.2) is 24.3 Å². The molecule has 5 nitrogen and oxygen atoms in total. The first-order valence-electron chi connectivity index (χ1n) is 7.78. The average Bonchev–Trinajstić information content (AvgIpc) is 2.53. The lowest BCUT2D eigenvalue weighted by Crippen LogP contribution is -2.40. The largest absolute Gasteiger partial charge is 0.469 e. The number of amides is 1. The van der Waals surface area contributed by atoms with Gasteiger partial charge in [0.15, 0.2) is 0 Å². The minimum atomic E-state index is -0.211. The number of piperidine rings is 1. The first kappa shape index (κ1) is 16.5. The first-order valence-corrected chi connectivity index (χ1v) is 7.78. The van der Waals surface area contributed by atoms with Gasteiger partial charge in [-0.3, -0.25) is 9.59 Å². The number of ether oxygens (including phenoxy) is 1. The van der Waals surface area contributed by atoms with Crippen LogP contribution in [0.5, 0.6) is 0 Å². The van der Waals surface area contributed by atoms with Gasteiger partial charge in [0.05, 0.1) is 7.11 Å². The van der Waals surface area contributed by atoms with E-state index < -0.39 is 0 Å². The van der Waals surface area contributed by atoms with Crippen molar-refractivity contribution in [2.24, 2.45) is 5.92 Å². The fourth-order valence-corrected chi connectivity index (χ4v) is 2.72. The molecule has 0 unspecified atom stereocenters. The second-order valence-electron chi connectivity index (χ2n) is 5.84. The Hall–Kier alpha value is -1.88. The third-order valence-electron chi connectivity index (χ3n) is 4.06. The Morgan fingerprint density at radius 3 is 2.68 bits per heavy atom. The smallest absolute Gasteiger partial charge is 0.305 e. The van der Waals surface area contributed by atoms with Crippen molar-refractivity contribution in [2.75, 3.05) is 19.0 Å². The fraction of sp³-hybridized carbons (Fsp3) is 0.529. The zero-order chi connectivity index (χ0) is 15.9. The highest BCUT2D eigenvalue weighted by atomic mass is 16.5. The number of hydrogen-bond donors (Lipinski definition) is 2. The molecule has 2 rings (SSSR count). The summed E-state index contributed by atoms with van der Waals surface area (Å²) >= 11 is 0. The molecule has 2 N–H and O–H groups in total. The Morgan fingerprint density at radius 2 is 2.05 bits per heavy atom. The molecule has 1 aromatic rings. The molecule has 0 saturated carbocycles. The van der Waals surface area contributed by atoms with Crippen molar-refractivity contribution in [2.45, 2.75) is 38.6 Å². The van der Waals surface area contributed by atoms with Crippen LogP contribution < -0.4 is 10.6 Å². The Kier molecular flexibility index (Phi) is 5.95. The summed E-state index contributed by atoms with van der Waals surface area (Å²) in [5, 5.41) is 6.33.